The topological polar surface area (TPSA) is 353 Å². The zero-order chi connectivity index (χ0) is 75.2. The molecule has 0 unspecified atom stereocenters. The second-order valence-corrected chi connectivity index (χ2v) is 24.6. The Bertz CT molecular complexity index is 5660. The van der Waals surface area contributed by atoms with Crippen LogP contribution in [0.4, 0.5) is 11.4 Å². The minimum absolute atomic E-state index is 0. The van der Waals surface area contributed by atoms with Crippen molar-refractivity contribution in [2.75, 3.05) is 10.6 Å². The summed E-state index contributed by atoms with van der Waals surface area (Å²) in [6.07, 6.45) is 0.722. The summed E-state index contributed by atoms with van der Waals surface area (Å²) >= 11 is 0. The van der Waals surface area contributed by atoms with Crippen molar-refractivity contribution >= 4 is 91.6 Å². The van der Waals surface area contributed by atoms with Crippen molar-refractivity contribution in [1.82, 2.24) is 25.7 Å². The van der Waals surface area contributed by atoms with Crippen LogP contribution in [0.5, 0.6) is 11.5 Å². The number of aromatic nitrogens is 4. The van der Waals surface area contributed by atoms with Gasteiger partial charge in [-0.1, -0.05) is 164 Å². The molecular formula is C87H72ClN11O9. The van der Waals surface area contributed by atoms with Crippen molar-refractivity contribution in [3.63, 3.8) is 0 Å². The van der Waals surface area contributed by atoms with Crippen molar-refractivity contribution in [3.8, 4) is 62.6 Å². The molecule has 21 heteroatoms. The number of aromatic hydroxyl groups is 2. The van der Waals surface area contributed by atoms with Gasteiger partial charge in [-0.3, -0.25) is 24.0 Å². The van der Waals surface area contributed by atoms with Crippen LogP contribution in [0.1, 0.15) is 82.1 Å². The molecule has 0 saturated heterocycles. The maximum absolute atomic E-state index is 13.2. The van der Waals surface area contributed by atoms with E-state index in [0.29, 0.717) is 109 Å². The fraction of sp³-hybridized carbons (Fsp3) is 0.0690. The van der Waals surface area contributed by atoms with Gasteiger partial charge in [0.1, 0.15) is 11.5 Å². The second-order valence-electron chi connectivity index (χ2n) is 24.6. The molecule has 108 heavy (non-hydrogen) atoms. The van der Waals surface area contributed by atoms with Gasteiger partial charge in [-0.2, -0.15) is 5.26 Å². The van der Waals surface area contributed by atoms with Crippen LogP contribution in [0.3, 0.4) is 0 Å². The SMILES string of the molecule is Cl.N#Cc1ccc2ccccc2c1.NC(=O)CCc1cc(-c2ccccc2NC(=O)c2ccc(O)cc2)nnc1-c1cccc(C(=O)NCc2ccc3ccccc3c2)c1.NC(=O)CCc1cc(-c2ccccc2NC(=O)c2ccc(O)cc2)nnc1-c1cccc(C(=O)O)c1.NCc1ccc2ccccc2c1. The van der Waals surface area contributed by atoms with E-state index in [4.69, 9.17) is 22.5 Å². The molecule has 0 aliphatic heterocycles. The summed E-state index contributed by atoms with van der Waals surface area (Å²) in [5, 5.41) is 70.6. The highest BCUT2D eigenvalue weighted by Gasteiger charge is 2.20. The number of benzene rings is 12. The van der Waals surface area contributed by atoms with E-state index < -0.39 is 17.8 Å². The number of hydrogen-bond acceptors (Lipinski definition) is 14. The van der Waals surface area contributed by atoms with Gasteiger partial charge in [-0.15, -0.1) is 32.8 Å². The number of amides is 5. The first kappa shape index (κ1) is 76.4. The molecule has 0 atom stereocenters. The molecule has 0 bridgehead atoms. The number of fused-ring (bicyclic) bond motifs is 3. The van der Waals surface area contributed by atoms with Crippen LogP contribution in [-0.2, 0) is 35.5 Å². The molecule has 536 valence electrons. The highest BCUT2D eigenvalue weighted by molar-refractivity contribution is 6.07. The fourth-order valence-electron chi connectivity index (χ4n) is 11.6. The predicted molar refractivity (Wildman–Crippen MR) is 423 cm³/mol. The average Bonchev–Trinajstić information content (AvgIpc) is 0.799. The maximum Gasteiger partial charge on any atom is 0.335 e. The zero-order valence-electron chi connectivity index (χ0n) is 58.0. The number of carbonyl (C=O) groups is 6. The molecule has 0 radical (unpaired) electrons. The highest BCUT2D eigenvalue weighted by atomic mass is 35.5. The summed E-state index contributed by atoms with van der Waals surface area (Å²) in [5.41, 5.74) is 27.3. The number of carbonyl (C=O) groups excluding carboxylic acids is 5. The molecule has 2 aromatic heterocycles. The smallest absolute Gasteiger partial charge is 0.335 e. The lowest BCUT2D eigenvalue weighted by atomic mass is 9.98. The van der Waals surface area contributed by atoms with Gasteiger partial charge >= 0.3 is 5.97 Å². The summed E-state index contributed by atoms with van der Waals surface area (Å²) in [6, 6.07) is 87.7. The molecule has 0 aliphatic carbocycles. The van der Waals surface area contributed by atoms with Crippen molar-refractivity contribution in [1.29, 1.82) is 5.26 Å². The Kier molecular flexibility index (Phi) is 26.0. The molecule has 5 amide bonds. The number of nitrogens with two attached hydrogens (primary N) is 3. The summed E-state index contributed by atoms with van der Waals surface area (Å²) in [5.74, 6) is -2.86. The molecule has 12 N–H and O–H groups in total. The van der Waals surface area contributed by atoms with E-state index in [2.05, 4.69) is 78.8 Å². The Morgan fingerprint density at radius 2 is 0.806 bits per heavy atom. The lowest BCUT2D eigenvalue weighted by Gasteiger charge is -2.14. The van der Waals surface area contributed by atoms with E-state index >= 15 is 0 Å². The third-order valence-electron chi connectivity index (χ3n) is 17.2. The summed E-state index contributed by atoms with van der Waals surface area (Å²) in [7, 11) is 0. The van der Waals surface area contributed by atoms with Gasteiger partial charge in [-0.25, -0.2) is 4.79 Å². The first-order valence-electron chi connectivity index (χ1n) is 33.9. The summed E-state index contributed by atoms with van der Waals surface area (Å²) in [6.45, 7) is 0.986. The molecule has 0 fully saturated rings. The number of carboxylic acids is 1. The van der Waals surface area contributed by atoms with Gasteiger partial charge in [-0.05, 0) is 189 Å². The Balaban J connectivity index is 0.000000177. The van der Waals surface area contributed by atoms with Crippen LogP contribution in [0.25, 0.3) is 77.3 Å². The molecule has 2 heterocycles. The van der Waals surface area contributed by atoms with Crippen LogP contribution in [-0.4, -0.2) is 71.2 Å². The molecule has 14 rings (SSSR count). The quantitative estimate of drug-likeness (QED) is 0.0363. The Labute approximate surface area is 627 Å². The monoisotopic (exact) mass is 1450 g/mol. The van der Waals surface area contributed by atoms with Crippen LogP contribution < -0.4 is 33.2 Å². The highest BCUT2D eigenvalue weighted by Crippen LogP contribution is 2.34. The van der Waals surface area contributed by atoms with E-state index in [1.165, 1.54) is 82.4 Å². The number of anilines is 2. The third kappa shape index (κ3) is 20.3. The number of phenolic OH excluding ortho intramolecular Hbond substituents is 2. The van der Waals surface area contributed by atoms with Gasteiger partial charge in [0.2, 0.25) is 11.8 Å². The molecule has 0 spiro atoms. The predicted octanol–water partition coefficient (Wildman–Crippen LogP) is 15.6. The number of nitrogens with zero attached hydrogens (tertiary/aromatic N) is 5. The molecule has 12 aromatic carbocycles. The normalized spacial score (nSPS) is 10.4. The van der Waals surface area contributed by atoms with E-state index in [0.717, 1.165) is 21.7 Å². The Morgan fingerprint density at radius 3 is 1.26 bits per heavy atom. The van der Waals surface area contributed by atoms with Crippen LogP contribution in [0, 0.1) is 11.3 Å². The molecule has 0 saturated carbocycles. The minimum Gasteiger partial charge on any atom is -0.508 e. The number of halogens is 1. The number of aryl methyl sites for hydroxylation is 2. The molecule has 20 nitrogen and oxygen atoms in total. The Morgan fingerprint density at radius 1 is 0.398 bits per heavy atom. The van der Waals surface area contributed by atoms with Crippen molar-refractivity contribution < 1.29 is 44.1 Å². The van der Waals surface area contributed by atoms with Gasteiger partial charge in [0.25, 0.3) is 17.7 Å². The van der Waals surface area contributed by atoms with Crippen LogP contribution in [0.2, 0.25) is 0 Å². The number of carboxylic acid groups (broad SMARTS) is 1. The number of phenols is 2. The number of aromatic carboxylic acids is 1. The summed E-state index contributed by atoms with van der Waals surface area (Å²) < 4.78 is 0. The van der Waals surface area contributed by atoms with E-state index in [-0.39, 0.29) is 66.5 Å². The van der Waals surface area contributed by atoms with Gasteiger partial charge in [0, 0.05) is 64.9 Å². The maximum atomic E-state index is 13.2. The average molecular weight is 1450 g/mol. The largest absolute Gasteiger partial charge is 0.508 e. The van der Waals surface area contributed by atoms with E-state index in [1.54, 1.807) is 72.8 Å². The van der Waals surface area contributed by atoms with E-state index in [9.17, 15) is 44.1 Å². The number of rotatable bonds is 19. The van der Waals surface area contributed by atoms with Gasteiger partial charge in [0.15, 0.2) is 0 Å². The third-order valence-corrected chi connectivity index (χ3v) is 17.2. The van der Waals surface area contributed by atoms with Gasteiger partial charge < -0.3 is 48.5 Å². The number of nitrogens with one attached hydrogen (secondary N) is 3. The zero-order valence-corrected chi connectivity index (χ0v) is 58.9. The number of para-hydroxylation sites is 2. The number of hydrogen-bond donors (Lipinski definition) is 9. The molecular weight excluding hydrogens is 1380 g/mol. The minimum atomic E-state index is -1.07. The lowest BCUT2D eigenvalue weighted by Crippen LogP contribution is -2.22. The first-order valence-corrected chi connectivity index (χ1v) is 33.9. The van der Waals surface area contributed by atoms with Crippen molar-refractivity contribution in [3.05, 3.63) is 335 Å². The van der Waals surface area contributed by atoms with Crippen LogP contribution in [0.15, 0.2) is 285 Å². The van der Waals surface area contributed by atoms with Gasteiger partial charge in [0.05, 0.1) is 51.3 Å². The first-order chi connectivity index (χ1) is 51.9. The summed E-state index contributed by atoms with van der Waals surface area (Å²) in [4.78, 5) is 73.6. The number of primary amides is 2. The fourth-order valence-corrected chi connectivity index (χ4v) is 11.6. The second kappa shape index (κ2) is 36.7. The van der Waals surface area contributed by atoms with Crippen molar-refractivity contribution in [2.45, 2.75) is 38.8 Å². The van der Waals surface area contributed by atoms with E-state index in [1.807, 2.05) is 115 Å². The van der Waals surface area contributed by atoms with Crippen molar-refractivity contribution in [2.24, 2.45) is 17.2 Å². The molecule has 0 aliphatic rings. The van der Waals surface area contributed by atoms with Crippen LogP contribution >= 0.6 is 12.4 Å². The molecule has 14 aromatic rings. The Hall–Kier alpha value is -14.3. The standard InChI is InChI=1S/C38H31N5O4.C27H22N4O5.C11H11N.C11H7N.ClH/c39-35(45)19-16-29-22-34(32-10-3-4-11-33(32)41-38(47)26-14-17-31(44)18-15-26)42-43-36(29)28-8-5-9-30(21-28)37(46)40-23-24-12-13-25-6-1-2-7-27(25)20-24;28-24(33)13-10-18-15-23(30-31-25(18)17-4-3-5-19(14-17)27(35)36)21-6-1-2-7-22(21)29-26(34)16-8-11-20(32)12-9-16;2*12-8-9-5-6-10-3-1-2-4-11(10)7-9;/h1-15,17-18,20-22,44H,16,19,23H2,(H2,39,45)(H,40,46)(H,41,47);1-9,11-12,14-15,32H,10,13H2,(H2,28,33)(H,29,34)(H,35,36);1-7H,8,12H2;1-7H;1H. The lowest BCUT2D eigenvalue weighted by molar-refractivity contribution is -0.118. The number of nitriles is 1.